The van der Waals surface area contributed by atoms with Crippen molar-refractivity contribution in [3.63, 3.8) is 0 Å². The minimum absolute atomic E-state index is 0.00786. The number of benzene rings is 2. The summed E-state index contributed by atoms with van der Waals surface area (Å²) in [5.41, 5.74) is 4.10. The third kappa shape index (κ3) is 3.97. The molecule has 5 heteroatoms. The Bertz CT molecular complexity index is 872. The minimum Gasteiger partial charge on any atom is -0.287 e. The molecule has 3 nitrogen and oxygen atoms in total. The average Bonchev–Trinajstić information content (AvgIpc) is 2.88. The van der Waals surface area contributed by atoms with Crippen LogP contribution in [0.2, 0.25) is 5.02 Å². The van der Waals surface area contributed by atoms with Crippen molar-refractivity contribution < 1.29 is 4.79 Å². The SMILES string of the molecule is CCN1C(=O)/C(=C\c2ccc(Cl)cc2)SC1=Nc1cc(C)ccc1C. The first-order valence-corrected chi connectivity index (χ1v) is 9.30. The van der Waals surface area contributed by atoms with Crippen molar-refractivity contribution >= 4 is 46.2 Å². The van der Waals surface area contributed by atoms with Crippen molar-refractivity contribution in [2.24, 2.45) is 4.99 Å². The lowest BCUT2D eigenvalue weighted by Crippen LogP contribution is -2.28. The summed E-state index contributed by atoms with van der Waals surface area (Å²) in [5.74, 6) is -0.00786. The standard InChI is InChI=1S/C20H19ClN2OS/c1-4-23-19(24)18(12-15-7-9-16(21)10-8-15)25-20(23)22-17-11-13(2)5-6-14(17)3/h5-12H,4H2,1-3H3/b18-12+,22-20?. The van der Waals surface area contributed by atoms with Gasteiger partial charge in [0.05, 0.1) is 10.6 Å². The Kier molecular flexibility index (Phi) is 5.30. The predicted molar refractivity (Wildman–Crippen MR) is 107 cm³/mol. The van der Waals surface area contributed by atoms with Crippen LogP contribution in [-0.2, 0) is 4.79 Å². The van der Waals surface area contributed by atoms with Crippen LogP contribution >= 0.6 is 23.4 Å². The molecule has 2 aromatic rings. The molecule has 0 aliphatic carbocycles. The second-order valence-electron chi connectivity index (χ2n) is 5.90. The zero-order valence-electron chi connectivity index (χ0n) is 14.4. The fourth-order valence-electron chi connectivity index (χ4n) is 2.52. The van der Waals surface area contributed by atoms with Gasteiger partial charge in [-0.1, -0.05) is 35.9 Å². The number of nitrogens with zero attached hydrogens (tertiary/aromatic N) is 2. The number of aryl methyl sites for hydroxylation is 2. The number of rotatable bonds is 3. The van der Waals surface area contributed by atoms with E-state index in [4.69, 9.17) is 16.6 Å². The number of carbonyl (C=O) groups is 1. The van der Waals surface area contributed by atoms with Crippen LogP contribution in [0.25, 0.3) is 6.08 Å². The highest BCUT2D eigenvalue weighted by molar-refractivity contribution is 8.18. The van der Waals surface area contributed by atoms with E-state index in [0.717, 1.165) is 27.5 Å². The molecule has 1 saturated heterocycles. The topological polar surface area (TPSA) is 32.7 Å². The summed E-state index contributed by atoms with van der Waals surface area (Å²) < 4.78 is 0. The van der Waals surface area contributed by atoms with Crippen LogP contribution in [0, 0.1) is 13.8 Å². The van der Waals surface area contributed by atoms with Gasteiger partial charge in [0.2, 0.25) is 0 Å². The van der Waals surface area contributed by atoms with E-state index in [1.165, 1.54) is 11.8 Å². The van der Waals surface area contributed by atoms with E-state index in [1.807, 2.05) is 57.2 Å². The quantitative estimate of drug-likeness (QED) is 0.660. The summed E-state index contributed by atoms with van der Waals surface area (Å²) in [7, 11) is 0. The van der Waals surface area contributed by atoms with E-state index in [2.05, 4.69) is 12.1 Å². The molecule has 0 spiro atoms. The van der Waals surface area contributed by atoms with Crippen molar-refractivity contribution in [3.8, 4) is 0 Å². The van der Waals surface area contributed by atoms with Gasteiger partial charge in [-0.15, -0.1) is 0 Å². The second kappa shape index (κ2) is 7.46. The molecule has 25 heavy (non-hydrogen) atoms. The van der Waals surface area contributed by atoms with Crippen molar-refractivity contribution in [3.05, 3.63) is 69.1 Å². The van der Waals surface area contributed by atoms with Gasteiger partial charge < -0.3 is 0 Å². The van der Waals surface area contributed by atoms with Gasteiger partial charge in [0.1, 0.15) is 0 Å². The largest absolute Gasteiger partial charge is 0.287 e. The molecular weight excluding hydrogens is 352 g/mol. The number of amides is 1. The predicted octanol–water partition coefficient (Wildman–Crippen LogP) is 5.58. The van der Waals surface area contributed by atoms with Crippen LogP contribution in [0.5, 0.6) is 0 Å². The van der Waals surface area contributed by atoms with E-state index in [0.29, 0.717) is 16.5 Å². The highest BCUT2D eigenvalue weighted by Crippen LogP contribution is 2.34. The first-order valence-electron chi connectivity index (χ1n) is 8.11. The molecule has 3 rings (SSSR count). The van der Waals surface area contributed by atoms with Gasteiger partial charge in [-0.25, -0.2) is 4.99 Å². The fourth-order valence-corrected chi connectivity index (χ4v) is 3.70. The molecule has 1 amide bonds. The van der Waals surface area contributed by atoms with E-state index in [-0.39, 0.29) is 5.91 Å². The fraction of sp³-hybridized carbons (Fsp3) is 0.200. The lowest BCUT2D eigenvalue weighted by molar-refractivity contribution is -0.122. The molecule has 1 aliphatic heterocycles. The summed E-state index contributed by atoms with van der Waals surface area (Å²) in [4.78, 5) is 19.8. The molecule has 128 valence electrons. The zero-order chi connectivity index (χ0) is 18.0. The molecule has 0 N–H and O–H groups in total. The normalized spacial score (nSPS) is 17.8. The van der Waals surface area contributed by atoms with Gasteiger partial charge in [0.25, 0.3) is 5.91 Å². The highest BCUT2D eigenvalue weighted by atomic mass is 35.5. The van der Waals surface area contributed by atoms with Gasteiger partial charge in [0, 0.05) is 11.6 Å². The first kappa shape index (κ1) is 17.8. The molecule has 0 atom stereocenters. The number of hydrogen-bond acceptors (Lipinski definition) is 3. The van der Waals surface area contributed by atoms with Crippen LogP contribution in [0.1, 0.15) is 23.6 Å². The molecule has 0 unspecified atom stereocenters. The van der Waals surface area contributed by atoms with Gasteiger partial charge in [-0.05, 0) is 73.5 Å². The van der Waals surface area contributed by atoms with Gasteiger partial charge in [0.15, 0.2) is 5.17 Å². The van der Waals surface area contributed by atoms with Crippen molar-refractivity contribution in [2.45, 2.75) is 20.8 Å². The van der Waals surface area contributed by atoms with Crippen molar-refractivity contribution in [1.29, 1.82) is 0 Å². The number of carbonyl (C=O) groups excluding carboxylic acids is 1. The summed E-state index contributed by atoms with van der Waals surface area (Å²) in [5, 5.41) is 1.40. The third-order valence-corrected chi connectivity index (χ3v) is 5.21. The average molecular weight is 371 g/mol. The molecule has 2 aromatic carbocycles. The van der Waals surface area contributed by atoms with E-state index in [1.54, 1.807) is 4.90 Å². The van der Waals surface area contributed by atoms with Crippen LogP contribution in [0.4, 0.5) is 5.69 Å². The van der Waals surface area contributed by atoms with Gasteiger partial charge in [-0.3, -0.25) is 9.69 Å². The monoisotopic (exact) mass is 370 g/mol. The lowest BCUT2D eigenvalue weighted by Gasteiger charge is -2.12. The molecule has 1 heterocycles. The smallest absolute Gasteiger partial charge is 0.266 e. The maximum absolute atomic E-state index is 12.7. The lowest BCUT2D eigenvalue weighted by atomic mass is 10.1. The Balaban J connectivity index is 1.96. The Morgan fingerprint density at radius 2 is 1.88 bits per heavy atom. The van der Waals surface area contributed by atoms with E-state index in [9.17, 15) is 4.79 Å². The Hall–Kier alpha value is -2.04. The van der Waals surface area contributed by atoms with E-state index >= 15 is 0 Å². The number of amidine groups is 1. The summed E-state index contributed by atoms with van der Waals surface area (Å²) >= 11 is 7.34. The van der Waals surface area contributed by atoms with Crippen LogP contribution < -0.4 is 0 Å². The third-order valence-electron chi connectivity index (χ3n) is 3.95. The van der Waals surface area contributed by atoms with Crippen molar-refractivity contribution in [1.82, 2.24) is 4.90 Å². The van der Waals surface area contributed by atoms with E-state index < -0.39 is 0 Å². The highest BCUT2D eigenvalue weighted by Gasteiger charge is 2.32. The maximum atomic E-state index is 12.7. The number of thioether (sulfide) groups is 1. The summed E-state index contributed by atoms with van der Waals surface area (Å²) in [6, 6.07) is 13.6. The number of aliphatic imine (C=N–C) groups is 1. The molecule has 0 bridgehead atoms. The first-order chi connectivity index (χ1) is 12.0. The van der Waals surface area contributed by atoms with Crippen molar-refractivity contribution in [2.75, 3.05) is 6.54 Å². The Labute approximate surface area is 157 Å². The number of likely N-dealkylation sites (N-methyl/N-ethyl adjacent to an activating group) is 1. The van der Waals surface area contributed by atoms with Crippen LogP contribution in [-0.4, -0.2) is 22.5 Å². The summed E-state index contributed by atoms with van der Waals surface area (Å²) in [6.07, 6.45) is 1.89. The Morgan fingerprint density at radius 1 is 1.16 bits per heavy atom. The van der Waals surface area contributed by atoms with Gasteiger partial charge >= 0.3 is 0 Å². The number of hydrogen-bond donors (Lipinski definition) is 0. The maximum Gasteiger partial charge on any atom is 0.266 e. The Morgan fingerprint density at radius 3 is 2.56 bits per heavy atom. The van der Waals surface area contributed by atoms with Gasteiger partial charge in [-0.2, -0.15) is 0 Å². The zero-order valence-corrected chi connectivity index (χ0v) is 16.0. The molecule has 1 fully saturated rings. The summed E-state index contributed by atoms with van der Waals surface area (Å²) in [6.45, 7) is 6.62. The second-order valence-corrected chi connectivity index (χ2v) is 7.34. The molecular formula is C20H19ClN2OS. The van der Waals surface area contributed by atoms with Crippen LogP contribution in [0.15, 0.2) is 52.4 Å². The number of halogens is 1. The molecule has 0 saturated carbocycles. The molecule has 1 aliphatic rings. The molecule has 0 radical (unpaired) electrons. The van der Waals surface area contributed by atoms with Crippen LogP contribution in [0.3, 0.4) is 0 Å². The molecule has 0 aromatic heterocycles. The minimum atomic E-state index is -0.00786.